The molecule has 1 aliphatic heterocycles. The van der Waals surface area contributed by atoms with Gasteiger partial charge in [0.05, 0.1) is 0 Å². The van der Waals surface area contributed by atoms with Crippen LogP contribution < -0.4 is 4.74 Å². The maximum atomic E-state index is 6.11. The molecule has 0 bridgehead atoms. The second-order valence-electron chi connectivity index (χ2n) is 7.24. The molecule has 0 N–H and O–H groups in total. The molecule has 0 spiro atoms. The minimum absolute atomic E-state index is 0.488. The van der Waals surface area contributed by atoms with Gasteiger partial charge in [-0.2, -0.15) is 0 Å². The fraction of sp³-hybridized carbons (Fsp3) is 0.292. The SMILES string of the molecule is c1ccc(Cc2ccc(OCC3CCCN3Cc3ccncc3)cc2)cc1. The van der Waals surface area contributed by atoms with E-state index in [0.29, 0.717) is 6.04 Å². The average molecular weight is 358 g/mol. The standard InChI is InChI=1S/C24H26N2O/c1-2-5-20(6-3-1)17-21-8-10-24(11-9-21)27-19-23-7-4-16-26(23)18-22-12-14-25-15-13-22/h1-3,5-6,8-15,23H,4,7,16-19H2. The molecule has 3 nitrogen and oxygen atoms in total. The lowest BCUT2D eigenvalue weighted by atomic mass is 10.1. The molecule has 1 unspecified atom stereocenters. The fourth-order valence-electron chi connectivity index (χ4n) is 3.74. The van der Waals surface area contributed by atoms with Gasteiger partial charge in [0.15, 0.2) is 0 Å². The van der Waals surface area contributed by atoms with Crippen LogP contribution in [0.5, 0.6) is 5.75 Å². The predicted octanol–water partition coefficient (Wildman–Crippen LogP) is 4.72. The van der Waals surface area contributed by atoms with Crippen molar-refractivity contribution in [1.29, 1.82) is 0 Å². The van der Waals surface area contributed by atoms with Crippen LogP contribution in [0.15, 0.2) is 79.1 Å². The number of pyridine rings is 1. The first kappa shape index (κ1) is 17.7. The second-order valence-corrected chi connectivity index (χ2v) is 7.24. The molecule has 1 fully saturated rings. The molecule has 2 heterocycles. The van der Waals surface area contributed by atoms with Gasteiger partial charge >= 0.3 is 0 Å². The molecule has 4 rings (SSSR count). The van der Waals surface area contributed by atoms with Crippen LogP contribution in [-0.2, 0) is 13.0 Å². The van der Waals surface area contributed by atoms with Gasteiger partial charge in [0.25, 0.3) is 0 Å². The van der Waals surface area contributed by atoms with Gasteiger partial charge in [0.1, 0.15) is 12.4 Å². The van der Waals surface area contributed by atoms with Gasteiger partial charge in [0, 0.05) is 25.0 Å². The molecule has 0 aliphatic carbocycles. The molecule has 3 heteroatoms. The summed E-state index contributed by atoms with van der Waals surface area (Å²) in [6, 6.07) is 23.8. The molecular formula is C24H26N2O. The van der Waals surface area contributed by atoms with Crippen LogP contribution in [0.3, 0.4) is 0 Å². The molecule has 27 heavy (non-hydrogen) atoms. The molecule has 1 saturated heterocycles. The van der Waals surface area contributed by atoms with Crippen molar-refractivity contribution in [3.05, 3.63) is 95.8 Å². The third kappa shape index (κ3) is 4.95. The Morgan fingerprint density at radius 1 is 0.852 bits per heavy atom. The first-order chi connectivity index (χ1) is 13.4. The molecule has 0 amide bonds. The van der Waals surface area contributed by atoms with Crippen molar-refractivity contribution < 1.29 is 4.74 Å². The smallest absolute Gasteiger partial charge is 0.119 e. The summed E-state index contributed by atoms with van der Waals surface area (Å²) in [5.41, 5.74) is 3.97. The Hall–Kier alpha value is -2.65. The Morgan fingerprint density at radius 2 is 1.59 bits per heavy atom. The minimum atomic E-state index is 0.488. The zero-order valence-electron chi connectivity index (χ0n) is 15.6. The van der Waals surface area contributed by atoms with Gasteiger partial charge in [-0.25, -0.2) is 0 Å². The van der Waals surface area contributed by atoms with Crippen LogP contribution >= 0.6 is 0 Å². The number of aromatic nitrogens is 1. The van der Waals surface area contributed by atoms with E-state index in [1.807, 2.05) is 12.4 Å². The Morgan fingerprint density at radius 3 is 2.37 bits per heavy atom. The van der Waals surface area contributed by atoms with Crippen molar-refractivity contribution in [3.63, 3.8) is 0 Å². The van der Waals surface area contributed by atoms with E-state index in [0.717, 1.165) is 31.9 Å². The van der Waals surface area contributed by atoms with E-state index < -0.39 is 0 Å². The van der Waals surface area contributed by atoms with Gasteiger partial charge < -0.3 is 4.74 Å². The molecule has 1 aliphatic rings. The zero-order chi connectivity index (χ0) is 18.3. The fourth-order valence-corrected chi connectivity index (χ4v) is 3.74. The van der Waals surface area contributed by atoms with E-state index in [2.05, 4.69) is 76.6 Å². The van der Waals surface area contributed by atoms with Gasteiger partial charge in [-0.05, 0) is 66.8 Å². The third-order valence-electron chi connectivity index (χ3n) is 5.25. The minimum Gasteiger partial charge on any atom is -0.492 e. The van der Waals surface area contributed by atoms with Crippen LogP contribution in [0.2, 0.25) is 0 Å². The van der Waals surface area contributed by atoms with Gasteiger partial charge in [0.2, 0.25) is 0 Å². The number of hydrogen-bond donors (Lipinski definition) is 0. The van der Waals surface area contributed by atoms with Crippen molar-refractivity contribution in [2.75, 3.05) is 13.2 Å². The van der Waals surface area contributed by atoms with E-state index in [1.165, 1.54) is 29.5 Å². The Balaban J connectivity index is 1.30. The Labute approximate surface area is 161 Å². The van der Waals surface area contributed by atoms with Crippen molar-refractivity contribution in [2.45, 2.75) is 31.8 Å². The topological polar surface area (TPSA) is 25.4 Å². The summed E-state index contributed by atoms with van der Waals surface area (Å²) in [6.07, 6.45) is 7.15. The number of rotatable bonds is 7. The summed E-state index contributed by atoms with van der Waals surface area (Å²) in [5, 5.41) is 0. The summed E-state index contributed by atoms with van der Waals surface area (Å²) >= 11 is 0. The molecule has 0 saturated carbocycles. The number of likely N-dealkylation sites (tertiary alicyclic amines) is 1. The normalized spacial score (nSPS) is 17.1. The lowest BCUT2D eigenvalue weighted by molar-refractivity contribution is 0.167. The molecule has 2 aromatic carbocycles. The van der Waals surface area contributed by atoms with Crippen molar-refractivity contribution in [1.82, 2.24) is 9.88 Å². The quantitative estimate of drug-likeness (QED) is 0.611. The van der Waals surface area contributed by atoms with Crippen LogP contribution in [0.4, 0.5) is 0 Å². The molecule has 138 valence electrons. The van der Waals surface area contributed by atoms with E-state index in [-0.39, 0.29) is 0 Å². The van der Waals surface area contributed by atoms with E-state index in [1.54, 1.807) is 0 Å². The van der Waals surface area contributed by atoms with E-state index >= 15 is 0 Å². The molecule has 1 aromatic heterocycles. The summed E-state index contributed by atoms with van der Waals surface area (Å²) in [7, 11) is 0. The lowest BCUT2D eigenvalue weighted by Gasteiger charge is -2.24. The highest BCUT2D eigenvalue weighted by atomic mass is 16.5. The molecule has 0 radical (unpaired) electrons. The zero-order valence-corrected chi connectivity index (χ0v) is 15.6. The predicted molar refractivity (Wildman–Crippen MR) is 109 cm³/mol. The highest BCUT2D eigenvalue weighted by Gasteiger charge is 2.25. The first-order valence-electron chi connectivity index (χ1n) is 9.75. The largest absolute Gasteiger partial charge is 0.492 e. The Kier molecular flexibility index (Phi) is 5.80. The van der Waals surface area contributed by atoms with Gasteiger partial charge in [-0.15, -0.1) is 0 Å². The maximum absolute atomic E-state index is 6.11. The molecule has 3 aromatic rings. The number of ether oxygens (including phenoxy) is 1. The lowest BCUT2D eigenvalue weighted by Crippen LogP contribution is -2.33. The molecule has 1 atom stereocenters. The number of benzene rings is 2. The highest BCUT2D eigenvalue weighted by Crippen LogP contribution is 2.22. The highest BCUT2D eigenvalue weighted by molar-refractivity contribution is 5.31. The average Bonchev–Trinajstić information content (AvgIpc) is 3.16. The number of hydrogen-bond acceptors (Lipinski definition) is 3. The monoisotopic (exact) mass is 358 g/mol. The summed E-state index contributed by atoms with van der Waals surface area (Å²) < 4.78 is 6.11. The van der Waals surface area contributed by atoms with Crippen LogP contribution in [-0.4, -0.2) is 29.1 Å². The van der Waals surface area contributed by atoms with Crippen molar-refractivity contribution in [3.8, 4) is 5.75 Å². The summed E-state index contributed by atoms with van der Waals surface area (Å²) in [4.78, 5) is 6.63. The van der Waals surface area contributed by atoms with Gasteiger partial charge in [-0.3, -0.25) is 9.88 Å². The Bertz CT molecular complexity index is 818. The van der Waals surface area contributed by atoms with Crippen LogP contribution in [0, 0.1) is 0 Å². The van der Waals surface area contributed by atoms with E-state index in [4.69, 9.17) is 4.74 Å². The summed E-state index contributed by atoms with van der Waals surface area (Å²) in [6.45, 7) is 2.88. The van der Waals surface area contributed by atoms with Crippen molar-refractivity contribution >= 4 is 0 Å². The molecular weight excluding hydrogens is 332 g/mol. The second kappa shape index (κ2) is 8.83. The summed E-state index contributed by atoms with van der Waals surface area (Å²) in [5.74, 6) is 0.961. The third-order valence-corrected chi connectivity index (χ3v) is 5.25. The first-order valence-corrected chi connectivity index (χ1v) is 9.75. The van der Waals surface area contributed by atoms with Crippen LogP contribution in [0.25, 0.3) is 0 Å². The number of nitrogens with zero attached hydrogens (tertiary/aromatic N) is 2. The van der Waals surface area contributed by atoms with E-state index in [9.17, 15) is 0 Å². The van der Waals surface area contributed by atoms with Crippen LogP contribution in [0.1, 0.15) is 29.5 Å². The van der Waals surface area contributed by atoms with Crippen molar-refractivity contribution in [2.24, 2.45) is 0 Å². The van der Waals surface area contributed by atoms with Gasteiger partial charge in [-0.1, -0.05) is 42.5 Å². The maximum Gasteiger partial charge on any atom is 0.119 e.